The van der Waals surface area contributed by atoms with Crippen molar-refractivity contribution in [3.8, 4) is 0 Å². The van der Waals surface area contributed by atoms with E-state index in [-0.39, 0.29) is 5.78 Å². The molecular weight excluding hydrogens is 270 g/mol. The fourth-order valence-corrected chi connectivity index (χ4v) is 2.93. The van der Waals surface area contributed by atoms with E-state index >= 15 is 0 Å². The maximum absolute atomic E-state index is 12.6. The first kappa shape index (κ1) is 12.8. The molecule has 106 valence electrons. The molecule has 4 rings (SSSR count). The molecule has 0 aliphatic rings. The molecule has 1 aromatic heterocycles. The Morgan fingerprint density at radius 1 is 0.864 bits per heavy atom. The van der Waals surface area contributed by atoms with Crippen LogP contribution in [0.3, 0.4) is 0 Å². The Morgan fingerprint density at radius 3 is 2.55 bits per heavy atom. The van der Waals surface area contributed by atoms with Crippen LogP contribution < -0.4 is 0 Å². The third-order valence-corrected chi connectivity index (χ3v) is 4.07. The maximum atomic E-state index is 12.6. The Kier molecular flexibility index (Phi) is 3.01. The Bertz CT molecular complexity index is 981. The zero-order valence-electron chi connectivity index (χ0n) is 12.0. The van der Waals surface area contributed by atoms with Gasteiger partial charge in [0.2, 0.25) is 0 Å². The van der Waals surface area contributed by atoms with Crippen LogP contribution in [-0.4, -0.2) is 10.8 Å². The summed E-state index contributed by atoms with van der Waals surface area (Å²) in [6.07, 6.45) is 2.24. The van der Waals surface area contributed by atoms with Crippen LogP contribution in [0, 0.1) is 0 Å². The molecule has 0 spiro atoms. The molecule has 0 aliphatic carbocycles. The number of rotatable bonds is 3. The van der Waals surface area contributed by atoms with Crippen LogP contribution in [0.1, 0.15) is 15.9 Å². The molecule has 0 unspecified atom stereocenters. The number of aromatic nitrogens is 1. The van der Waals surface area contributed by atoms with Gasteiger partial charge in [-0.2, -0.15) is 0 Å². The van der Waals surface area contributed by atoms with Gasteiger partial charge in [0.05, 0.1) is 0 Å². The van der Waals surface area contributed by atoms with Crippen molar-refractivity contribution in [2.24, 2.45) is 0 Å². The van der Waals surface area contributed by atoms with Crippen LogP contribution in [0.25, 0.3) is 21.7 Å². The summed E-state index contributed by atoms with van der Waals surface area (Å²) in [5.41, 5.74) is 2.82. The van der Waals surface area contributed by atoms with Gasteiger partial charge in [-0.15, -0.1) is 0 Å². The van der Waals surface area contributed by atoms with Crippen LogP contribution in [0.4, 0.5) is 0 Å². The molecule has 2 nitrogen and oxygen atoms in total. The lowest BCUT2D eigenvalue weighted by Gasteiger charge is -2.03. The third-order valence-electron chi connectivity index (χ3n) is 4.07. The van der Waals surface area contributed by atoms with Gasteiger partial charge in [0.15, 0.2) is 5.78 Å². The molecule has 0 saturated heterocycles. The lowest BCUT2D eigenvalue weighted by atomic mass is 10.00. The number of benzene rings is 3. The molecule has 0 fully saturated rings. The summed E-state index contributed by atoms with van der Waals surface area (Å²) in [5, 5.41) is 3.37. The van der Waals surface area contributed by atoms with Crippen molar-refractivity contribution in [2.75, 3.05) is 0 Å². The Morgan fingerprint density at radius 2 is 1.64 bits per heavy atom. The first-order chi connectivity index (χ1) is 10.8. The van der Waals surface area contributed by atoms with E-state index in [0.717, 1.165) is 22.0 Å². The SMILES string of the molecule is O=C(Cc1ccc2ccccc2c1)c1c[nH]c2ccccc12. The van der Waals surface area contributed by atoms with Gasteiger partial charge in [-0.1, -0.05) is 60.7 Å². The largest absolute Gasteiger partial charge is 0.360 e. The normalized spacial score (nSPS) is 11.1. The number of fused-ring (bicyclic) bond motifs is 2. The van der Waals surface area contributed by atoms with Gasteiger partial charge in [-0.3, -0.25) is 4.79 Å². The van der Waals surface area contributed by atoms with Crippen molar-refractivity contribution in [3.63, 3.8) is 0 Å². The van der Waals surface area contributed by atoms with Gasteiger partial charge in [0, 0.05) is 29.1 Å². The maximum Gasteiger partial charge on any atom is 0.169 e. The summed E-state index contributed by atoms with van der Waals surface area (Å²) in [5.74, 6) is 0.146. The second-order valence-electron chi connectivity index (χ2n) is 5.53. The fourth-order valence-electron chi connectivity index (χ4n) is 2.93. The van der Waals surface area contributed by atoms with Gasteiger partial charge in [0.1, 0.15) is 0 Å². The number of aromatic amines is 1. The van der Waals surface area contributed by atoms with E-state index in [1.165, 1.54) is 10.8 Å². The van der Waals surface area contributed by atoms with Gasteiger partial charge in [-0.05, 0) is 22.4 Å². The van der Waals surface area contributed by atoms with Gasteiger partial charge < -0.3 is 4.98 Å². The first-order valence-electron chi connectivity index (χ1n) is 7.38. The van der Waals surface area contributed by atoms with Gasteiger partial charge >= 0.3 is 0 Å². The predicted octanol–water partition coefficient (Wildman–Crippen LogP) is 4.75. The number of nitrogens with one attached hydrogen (secondary N) is 1. The minimum absolute atomic E-state index is 0.146. The molecule has 0 saturated carbocycles. The number of hydrogen-bond donors (Lipinski definition) is 1. The minimum atomic E-state index is 0.146. The summed E-state index contributed by atoms with van der Waals surface area (Å²) < 4.78 is 0. The topological polar surface area (TPSA) is 32.9 Å². The van der Waals surface area contributed by atoms with E-state index in [1.807, 2.05) is 48.7 Å². The highest BCUT2D eigenvalue weighted by atomic mass is 16.1. The van der Waals surface area contributed by atoms with Gasteiger partial charge in [-0.25, -0.2) is 0 Å². The van der Waals surface area contributed by atoms with Crippen molar-refractivity contribution in [2.45, 2.75) is 6.42 Å². The van der Waals surface area contributed by atoms with E-state index in [4.69, 9.17) is 0 Å². The minimum Gasteiger partial charge on any atom is -0.360 e. The predicted molar refractivity (Wildman–Crippen MR) is 90.3 cm³/mol. The van der Waals surface area contributed by atoms with Crippen molar-refractivity contribution >= 4 is 27.5 Å². The number of ketones is 1. The Balaban J connectivity index is 1.68. The average molecular weight is 285 g/mol. The van der Waals surface area contributed by atoms with Crippen LogP contribution in [0.15, 0.2) is 72.9 Å². The molecule has 1 heterocycles. The Hall–Kier alpha value is -2.87. The van der Waals surface area contributed by atoms with E-state index in [0.29, 0.717) is 6.42 Å². The number of para-hydroxylation sites is 1. The molecule has 0 radical (unpaired) electrons. The molecule has 22 heavy (non-hydrogen) atoms. The van der Waals surface area contributed by atoms with Crippen molar-refractivity contribution < 1.29 is 4.79 Å². The highest BCUT2D eigenvalue weighted by molar-refractivity contribution is 6.08. The lowest BCUT2D eigenvalue weighted by molar-refractivity contribution is 0.0994. The smallest absolute Gasteiger partial charge is 0.169 e. The van der Waals surface area contributed by atoms with E-state index in [2.05, 4.69) is 29.2 Å². The quantitative estimate of drug-likeness (QED) is 0.541. The zero-order valence-corrected chi connectivity index (χ0v) is 12.0. The number of carbonyl (C=O) groups excluding carboxylic acids is 1. The van der Waals surface area contributed by atoms with Gasteiger partial charge in [0.25, 0.3) is 0 Å². The molecule has 3 aromatic carbocycles. The second-order valence-corrected chi connectivity index (χ2v) is 5.53. The molecule has 0 bridgehead atoms. The van der Waals surface area contributed by atoms with Crippen LogP contribution in [0.5, 0.6) is 0 Å². The van der Waals surface area contributed by atoms with E-state index < -0.39 is 0 Å². The number of H-pyrrole nitrogens is 1. The summed E-state index contributed by atoms with van der Waals surface area (Å²) >= 11 is 0. The second kappa shape index (κ2) is 5.15. The highest BCUT2D eigenvalue weighted by Gasteiger charge is 2.12. The van der Waals surface area contributed by atoms with Crippen molar-refractivity contribution in [3.05, 3.63) is 84.1 Å². The highest BCUT2D eigenvalue weighted by Crippen LogP contribution is 2.21. The zero-order chi connectivity index (χ0) is 14.9. The standard InChI is InChI=1S/C20H15NO/c22-20(18-13-21-19-8-4-3-7-17(18)19)12-14-9-10-15-5-1-2-6-16(15)11-14/h1-11,13,21H,12H2. The van der Waals surface area contributed by atoms with Crippen molar-refractivity contribution in [1.82, 2.24) is 4.98 Å². The van der Waals surface area contributed by atoms with E-state index in [9.17, 15) is 4.79 Å². The molecule has 0 atom stereocenters. The third kappa shape index (κ3) is 2.19. The molecule has 0 amide bonds. The molecule has 1 N–H and O–H groups in total. The van der Waals surface area contributed by atoms with Crippen molar-refractivity contribution in [1.29, 1.82) is 0 Å². The van der Waals surface area contributed by atoms with Crippen LogP contribution in [-0.2, 0) is 6.42 Å². The number of carbonyl (C=O) groups is 1. The monoisotopic (exact) mass is 285 g/mol. The number of hydrogen-bond acceptors (Lipinski definition) is 1. The first-order valence-corrected chi connectivity index (χ1v) is 7.38. The molecule has 0 aliphatic heterocycles. The van der Waals surface area contributed by atoms with E-state index in [1.54, 1.807) is 0 Å². The van der Waals surface area contributed by atoms with Crippen LogP contribution in [0.2, 0.25) is 0 Å². The van der Waals surface area contributed by atoms with Crippen LogP contribution >= 0.6 is 0 Å². The molecule has 2 heteroatoms. The summed E-state index contributed by atoms with van der Waals surface area (Å²) in [7, 11) is 0. The fraction of sp³-hybridized carbons (Fsp3) is 0.0500. The average Bonchev–Trinajstić information content (AvgIpc) is 2.99. The summed E-state index contributed by atoms with van der Waals surface area (Å²) in [6.45, 7) is 0. The summed E-state index contributed by atoms with van der Waals surface area (Å²) in [4.78, 5) is 15.8. The lowest BCUT2D eigenvalue weighted by Crippen LogP contribution is -2.02. The molecule has 4 aromatic rings. The Labute approximate surface area is 128 Å². The number of Topliss-reactive ketones (excluding diaryl/α,β-unsaturated/α-hetero) is 1. The molecular formula is C20H15NO. The summed E-state index contributed by atoms with van der Waals surface area (Å²) in [6, 6.07) is 22.3.